The lowest BCUT2D eigenvalue weighted by atomic mass is 10.2. The number of amides is 2. The SMILES string of the molecule is CC1CN(C(=O)Nc2ccccc2F)CCN1c1cccc(F)n1. The van der Waals surface area contributed by atoms with Crippen LogP contribution in [0.1, 0.15) is 6.92 Å². The third-order valence-electron chi connectivity index (χ3n) is 4.02. The van der Waals surface area contributed by atoms with E-state index in [1.807, 2.05) is 11.8 Å². The van der Waals surface area contributed by atoms with Gasteiger partial charge in [0.05, 0.1) is 5.69 Å². The number of rotatable bonds is 2. The summed E-state index contributed by atoms with van der Waals surface area (Å²) in [4.78, 5) is 19.8. The number of pyridine rings is 1. The monoisotopic (exact) mass is 332 g/mol. The predicted octanol–water partition coefficient (Wildman–Crippen LogP) is 3.10. The van der Waals surface area contributed by atoms with Crippen molar-refractivity contribution in [1.29, 1.82) is 0 Å². The summed E-state index contributed by atoms with van der Waals surface area (Å²) in [6.07, 6.45) is 0. The lowest BCUT2D eigenvalue weighted by Gasteiger charge is -2.40. The van der Waals surface area contributed by atoms with Crippen molar-refractivity contribution in [2.75, 3.05) is 29.9 Å². The number of hydrogen-bond acceptors (Lipinski definition) is 3. The first-order chi connectivity index (χ1) is 11.5. The lowest BCUT2D eigenvalue weighted by molar-refractivity contribution is 0.200. The van der Waals surface area contributed by atoms with Gasteiger partial charge < -0.3 is 15.1 Å². The minimum absolute atomic E-state index is 0.0283. The number of carbonyl (C=O) groups is 1. The zero-order chi connectivity index (χ0) is 17.1. The molecule has 3 rings (SSSR count). The largest absolute Gasteiger partial charge is 0.350 e. The smallest absolute Gasteiger partial charge is 0.322 e. The molecule has 2 heterocycles. The summed E-state index contributed by atoms with van der Waals surface area (Å²) >= 11 is 0. The molecule has 2 aromatic rings. The van der Waals surface area contributed by atoms with Gasteiger partial charge in [0.15, 0.2) is 0 Å². The maximum Gasteiger partial charge on any atom is 0.322 e. The van der Waals surface area contributed by atoms with Crippen molar-refractivity contribution in [1.82, 2.24) is 9.88 Å². The number of carbonyl (C=O) groups excluding carboxylic acids is 1. The molecule has 0 spiro atoms. The second-order valence-corrected chi connectivity index (χ2v) is 5.72. The molecule has 2 amide bonds. The number of urea groups is 1. The Labute approximate surface area is 138 Å². The molecule has 1 aliphatic heterocycles. The lowest BCUT2D eigenvalue weighted by Crippen LogP contribution is -2.55. The molecule has 0 radical (unpaired) electrons. The van der Waals surface area contributed by atoms with Gasteiger partial charge in [-0.15, -0.1) is 0 Å². The number of aromatic nitrogens is 1. The zero-order valence-corrected chi connectivity index (χ0v) is 13.2. The van der Waals surface area contributed by atoms with E-state index in [0.29, 0.717) is 25.5 Å². The molecule has 24 heavy (non-hydrogen) atoms. The topological polar surface area (TPSA) is 48.5 Å². The van der Waals surface area contributed by atoms with E-state index in [2.05, 4.69) is 10.3 Å². The Hall–Kier alpha value is -2.70. The van der Waals surface area contributed by atoms with E-state index < -0.39 is 11.8 Å². The van der Waals surface area contributed by atoms with Gasteiger partial charge in [-0.25, -0.2) is 14.2 Å². The quantitative estimate of drug-likeness (QED) is 0.860. The van der Waals surface area contributed by atoms with E-state index in [0.717, 1.165) is 0 Å². The van der Waals surface area contributed by atoms with Gasteiger partial charge in [0.2, 0.25) is 5.95 Å². The van der Waals surface area contributed by atoms with E-state index in [-0.39, 0.29) is 17.8 Å². The van der Waals surface area contributed by atoms with Crippen molar-refractivity contribution < 1.29 is 13.6 Å². The van der Waals surface area contributed by atoms with Gasteiger partial charge in [-0.1, -0.05) is 18.2 Å². The molecule has 1 fully saturated rings. The predicted molar refractivity (Wildman–Crippen MR) is 88.0 cm³/mol. The molecule has 1 N–H and O–H groups in total. The van der Waals surface area contributed by atoms with Crippen LogP contribution in [0, 0.1) is 11.8 Å². The Kier molecular flexibility index (Phi) is 4.59. The fraction of sp³-hybridized carbons (Fsp3) is 0.294. The third kappa shape index (κ3) is 3.45. The molecule has 1 aliphatic rings. The Morgan fingerprint density at radius 2 is 1.96 bits per heavy atom. The molecule has 1 aromatic carbocycles. The zero-order valence-electron chi connectivity index (χ0n) is 13.2. The number of para-hydroxylation sites is 1. The summed E-state index contributed by atoms with van der Waals surface area (Å²) in [5, 5.41) is 2.58. The molecule has 1 unspecified atom stereocenters. The molecule has 126 valence electrons. The van der Waals surface area contributed by atoms with Crippen LogP contribution in [0.5, 0.6) is 0 Å². The highest BCUT2D eigenvalue weighted by molar-refractivity contribution is 5.89. The number of hydrogen-bond donors (Lipinski definition) is 1. The van der Waals surface area contributed by atoms with Crippen LogP contribution in [-0.4, -0.2) is 41.6 Å². The average molecular weight is 332 g/mol. The van der Waals surface area contributed by atoms with Crippen LogP contribution >= 0.6 is 0 Å². The van der Waals surface area contributed by atoms with E-state index in [9.17, 15) is 13.6 Å². The van der Waals surface area contributed by atoms with Gasteiger partial charge in [-0.2, -0.15) is 4.39 Å². The van der Waals surface area contributed by atoms with E-state index in [4.69, 9.17) is 0 Å². The van der Waals surface area contributed by atoms with Crippen LogP contribution in [0.4, 0.5) is 25.1 Å². The van der Waals surface area contributed by atoms with Crippen LogP contribution in [-0.2, 0) is 0 Å². The van der Waals surface area contributed by atoms with Crippen LogP contribution in [0.25, 0.3) is 0 Å². The molecule has 7 heteroatoms. The van der Waals surface area contributed by atoms with Gasteiger partial charge in [-0.3, -0.25) is 0 Å². The van der Waals surface area contributed by atoms with Crippen molar-refractivity contribution in [2.45, 2.75) is 13.0 Å². The summed E-state index contributed by atoms with van der Waals surface area (Å²) in [5.74, 6) is -0.447. The van der Waals surface area contributed by atoms with Crippen molar-refractivity contribution in [3.8, 4) is 0 Å². The van der Waals surface area contributed by atoms with Crippen molar-refractivity contribution in [3.05, 3.63) is 54.2 Å². The molecule has 1 atom stereocenters. The average Bonchev–Trinajstić information content (AvgIpc) is 2.56. The second kappa shape index (κ2) is 6.82. The van der Waals surface area contributed by atoms with E-state index in [1.165, 1.54) is 18.2 Å². The second-order valence-electron chi connectivity index (χ2n) is 5.72. The molecular formula is C17H18F2N4O. The molecule has 0 aliphatic carbocycles. The number of halogens is 2. The number of nitrogens with zero attached hydrogens (tertiary/aromatic N) is 3. The standard InChI is InChI=1S/C17H18F2N4O/c1-12-11-22(17(24)20-14-6-3-2-5-13(14)18)9-10-23(12)16-8-4-7-15(19)21-16/h2-8,12H,9-11H2,1H3,(H,20,24). The summed E-state index contributed by atoms with van der Waals surface area (Å²) in [6, 6.07) is 10.3. The minimum atomic E-state index is -0.528. The summed E-state index contributed by atoms with van der Waals surface area (Å²) in [6.45, 7) is 3.36. The highest BCUT2D eigenvalue weighted by Crippen LogP contribution is 2.20. The molecular weight excluding hydrogens is 314 g/mol. The number of anilines is 2. The van der Waals surface area contributed by atoms with Crippen LogP contribution < -0.4 is 10.2 Å². The van der Waals surface area contributed by atoms with Crippen molar-refractivity contribution in [2.24, 2.45) is 0 Å². The highest BCUT2D eigenvalue weighted by Gasteiger charge is 2.28. The Balaban J connectivity index is 1.65. The summed E-state index contributed by atoms with van der Waals surface area (Å²) < 4.78 is 26.9. The van der Waals surface area contributed by atoms with Crippen LogP contribution in [0.2, 0.25) is 0 Å². The van der Waals surface area contributed by atoms with Gasteiger partial charge in [0, 0.05) is 25.7 Å². The normalized spacial score (nSPS) is 17.7. The molecule has 0 bridgehead atoms. The van der Waals surface area contributed by atoms with Gasteiger partial charge in [0.25, 0.3) is 0 Å². The minimum Gasteiger partial charge on any atom is -0.350 e. The van der Waals surface area contributed by atoms with Crippen molar-refractivity contribution in [3.63, 3.8) is 0 Å². The molecule has 0 saturated carbocycles. The molecule has 1 saturated heterocycles. The van der Waals surface area contributed by atoms with Crippen molar-refractivity contribution >= 4 is 17.5 Å². The van der Waals surface area contributed by atoms with Gasteiger partial charge in [0.1, 0.15) is 11.6 Å². The highest BCUT2D eigenvalue weighted by atomic mass is 19.1. The Bertz CT molecular complexity index is 740. The Morgan fingerprint density at radius 3 is 2.67 bits per heavy atom. The summed E-state index contributed by atoms with van der Waals surface area (Å²) in [7, 11) is 0. The van der Waals surface area contributed by atoms with Gasteiger partial charge in [-0.05, 0) is 31.2 Å². The van der Waals surface area contributed by atoms with E-state index >= 15 is 0 Å². The first-order valence-corrected chi connectivity index (χ1v) is 7.74. The number of benzene rings is 1. The van der Waals surface area contributed by atoms with E-state index in [1.54, 1.807) is 29.2 Å². The van der Waals surface area contributed by atoms with Crippen LogP contribution in [0.15, 0.2) is 42.5 Å². The number of piperazine rings is 1. The fourth-order valence-electron chi connectivity index (χ4n) is 2.80. The van der Waals surface area contributed by atoms with Crippen LogP contribution in [0.3, 0.4) is 0 Å². The fourth-order valence-corrected chi connectivity index (χ4v) is 2.80. The first-order valence-electron chi connectivity index (χ1n) is 7.74. The third-order valence-corrected chi connectivity index (χ3v) is 4.02. The summed E-state index contributed by atoms with van der Waals surface area (Å²) in [5.41, 5.74) is 0.157. The maximum absolute atomic E-state index is 13.6. The Morgan fingerprint density at radius 1 is 1.17 bits per heavy atom. The number of nitrogens with one attached hydrogen (secondary N) is 1. The molecule has 1 aromatic heterocycles. The first kappa shape index (κ1) is 16.2. The van der Waals surface area contributed by atoms with Gasteiger partial charge >= 0.3 is 6.03 Å². The molecule has 5 nitrogen and oxygen atoms in total. The maximum atomic E-state index is 13.6.